The normalized spacial score (nSPS) is 37.5. The van der Waals surface area contributed by atoms with Crippen LogP contribution >= 0.6 is 0 Å². The van der Waals surface area contributed by atoms with Gasteiger partial charge in [0.1, 0.15) is 12.2 Å². The van der Waals surface area contributed by atoms with Gasteiger partial charge in [0.2, 0.25) is 5.79 Å². The highest BCUT2D eigenvalue weighted by Crippen LogP contribution is 2.67. The lowest BCUT2D eigenvalue weighted by Crippen LogP contribution is -2.71. The van der Waals surface area contributed by atoms with Gasteiger partial charge in [-0.1, -0.05) is 87.6 Å². The maximum absolute atomic E-state index is 15.1. The number of aliphatic hydroxyl groups excluding tert-OH is 5. The maximum Gasteiger partial charge on any atom is 0.334 e. The lowest BCUT2D eigenvalue weighted by Gasteiger charge is -2.65. The number of carbonyl (C=O) groups is 2. The van der Waals surface area contributed by atoms with Crippen LogP contribution in [-0.2, 0) is 36.6 Å². The van der Waals surface area contributed by atoms with E-state index >= 15 is 4.79 Å². The van der Waals surface area contributed by atoms with Gasteiger partial charge in [-0.2, -0.15) is 0 Å². The zero-order valence-electron chi connectivity index (χ0n) is 42.1. The van der Waals surface area contributed by atoms with E-state index in [1.54, 1.807) is 31.2 Å². The molecule has 1 saturated heterocycles. The number of fused-ring (bicyclic) bond motifs is 3. The molecule has 2 aliphatic heterocycles. The fraction of sp³-hybridized carbons (Fsp3) is 0.586. The van der Waals surface area contributed by atoms with Gasteiger partial charge in [-0.15, -0.1) is 0 Å². The summed E-state index contributed by atoms with van der Waals surface area (Å²) in [4.78, 5) is 29.6. The molecular weight excluding hydrogens is 919 g/mol. The third kappa shape index (κ3) is 9.78. The molecule has 14 nitrogen and oxygen atoms in total. The number of benzene rings is 2. The molecular formula is C58H75NO13. The molecule has 10 rings (SSSR count). The summed E-state index contributed by atoms with van der Waals surface area (Å²) in [6.07, 6.45) is 13.7. The zero-order chi connectivity index (χ0) is 51.2. The third-order valence-corrected chi connectivity index (χ3v) is 17.4. The predicted octanol–water partition coefficient (Wildman–Crippen LogP) is 5.46. The van der Waals surface area contributed by atoms with Crippen LogP contribution in [0.5, 0.6) is 11.5 Å². The van der Waals surface area contributed by atoms with E-state index in [0.29, 0.717) is 49.0 Å². The fourth-order valence-corrected chi connectivity index (χ4v) is 13.9. The number of hydrogen-bond acceptors (Lipinski definition) is 14. The molecule has 72 heavy (non-hydrogen) atoms. The monoisotopic (exact) mass is 994 g/mol. The third-order valence-electron chi connectivity index (χ3n) is 17.4. The van der Waals surface area contributed by atoms with Crippen molar-refractivity contribution in [1.82, 2.24) is 5.32 Å². The topological polar surface area (TPSA) is 225 Å². The molecule has 0 radical (unpaired) electrons. The number of rotatable bonds is 18. The summed E-state index contributed by atoms with van der Waals surface area (Å²) in [5, 5.41) is 81.0. The Balaban J connectivity index is 1.04. The Kier molecular flexibility index (Phi) is 15.5. The molecule has 8 aliphatic rings. The Bertz CT molecular complexity index is 2460. The number of carbonyl (C=O) groups excluding carboxylic acids is 2. The van der Waals surface area contributed by atoms with Gasteiger partial charge in [-0.25, -0.2) is 4.79 Å². The van der Waals surface area contributed by atoms with Crippen LogP contribution in [0, 0.1) is 58.7 Å². The zero-order valence-corrected chi connectivity index (χ0v) is 42.1. The SMILES string of the molecule is COc1cc(/C=C(\C[C@H]2c3cc(CCO)ccc3CC[C@@H]2CO)C(=O)O[C@@H]2[C@H](OC(=O)CC[C@@H]3[C@@H]4C=C[C@H]5[C@H](C=C[C@@H]6[C@H](O)[C@@H](CC(C)C)C=C[C@]635)[C@@H]4C)[C@@H](O)[C@H]3O[C@]2(O)C=C[C@@H]3NC[C@H](C)O)ccc1O. The Hall–Kier alpha value is -4.64. The molecule has 1 spiro atoms. The smallest absolute Gasteiger partial charge is 0.334 e. The Labute approximate surface area is 423 Å². The first kappa shape index (κ1) is 52.2. The molecule has 2 fully saturated rings. The van der Waals surface area contributed by atoms with Crippen molar-refractivity contribution >= 4 is 18.0 Å². The highest BCUT2D eigenvalue weighted by Gasteiger charge is 2.64. The largest absolute Gasteiger partial charge is 0.504 e. The van der Waals surface area contributed by atoms with E-state index in [1.807, 2.05) is 18.2 Å². The van der Waals surface area contributed by atoms with Gasteiger partial charge in [-0.05, 0) is 139 Å². The quantitative estimate of drug-likeness (QED) is 0.0528. The maximum atomic E-state index is 15.1. The van der Waals surface area contributed by atoms with Crippen LogP contribution in [0.3, 0.4) is 0 Å². The minimum Gasteiger partial charge on any atom is -0.504 e. The van der Waals surface area contributed by atoms with Crippen LogP contribution in [0.1, 0.15) is 88.0 Å². The lowest BCUT2D eigenvalue weighted by molar-refractivity contribution is -0.333. The summed E-state index contributed by atoms with van der Waals surface area (Å²) in [6.45, 7) is 8.10. The molecule has 6 bridgehead atoms. The molecule has 1 saturated carbocycles. The van der Waals surface area contributed by atoms with Crippen molar-refractivity contribution < 1.29 is 64.3 Å². The number of aryl methyl sites for hydroxylation is 1. The Morgan fingerprint density at radius 3 is 2.46 bits per heavy atom. The summed E-state index contributed by atoms with van der Waals surface area (Å²) < 4.78 is 24.2. The van der Waals surface area contributed by atoms with Gasteiger partial charge in [0.05, 0.1) is 25.4 Å². The van der Waals surface area contributed by atoms with E-state index in [9.17, 15) is 40.5 Å². The number of allylic oxidation sites excluding steroid dienone is 4. The number of methoxy groups -OCH3 is 1. The molecule has 2 aromatic rings. The molecule has 2 aromatic carbocycles. The van der Waals surface area contributed by atoms with Gasteiger partial charge in [0, 0.05) is 49.0 Å². The molecule has 0 aromatic heterocycles. The molecule has 18 atom stereocenters. The van der Waals surface area contributed by atoms with Crippen LogP contribution in [-0.4, -0.2) is 123 Å². The second kappa shape index (κ2) is 21.3. The number of hydrogen-bond donors (Lipinski definition) is 8. The molecule has 14 heteroatoms. The lowest BCUT2D eigenvalue weighted by atomic mass is 9.39. The number of phenolic OH excluding ortho intramolecular Hbond substituents is 1. The van der Waals surface area contributed by atoms with Crippen LogP contribution in [0.2, 0.25) is 0 Å². The van der Waals surface area contributed by atoms with E-state index in [1.165, 1.54) is 19.3 Å². The van der Waals surface area contributed by atoms with Gasteiger partial charge in [0.15, 0.2) is 23.7 Å². The van der Waals surface area contributed by atoms with Crippen LogP contribution in [0.25, 0.3) is 6.08 Å². The number of aliphatic hydroxyl groups is 6. The second-order valence-corrected chi connectivity index (χ2v) is 22.3. The molecule has 390 valence electrons. The van der Waals surface area contributed by atoms with Crippen molar-refractivity contribution in [3.63, 3.8) is 0 Å². The molecule has 0 amide bonds. The molecule has 6 aliphatic carbocycles. The van der Waals surface area contributed by atoms with E-state index < -0.39 is 65.8 Å². The van der Waals surface area contributed by atoms with Crippen molar-refractivity contribution in [3.8, 4) is 11.5 Å². The standard InChI is InChI=1S/C58H75NO13/c1-31(2)24-37-18-21-57-44-13-11-40(33(4)41(44)12-14-46(57)51(37)65)45(57)15-17-50(64)70-54-52(66)53-47(59-29-32(3)62)19-22-58(68,72-53)55(54)71-56(67)39(25-35-7-16-48(63)49(27-35)69-5)28-43-38(30-61)10-9-36-8-6-34(20-23-60)26-42(36)43/h6-8,11-14,16,18-19,21-22,25-27,31-33,37-38,40-41,43-47,51-55,59-63,65-66,68H,9-10,15,17,20,23-24,28-30H2,1-5H3/b39-25+/t32-,33+,37+,38+,40+,41+,43+,44-,45+,46+,47-,51+,52-,53-,54+,55+,57+,58+/m0/s1. The second-order valence-electron chi connectivity index (χ2n) is 22.3. The summed E-state index contributed by atoms with van der Waals surface area (Å²) in [5.41, 5.74) is 3.08. The van der Waals surface area contributed by atoms with Gasteiger partial charge >= 0.3 is 11.9 Å². The first-order chi connectivity index (χ1) is 34.5. The van der Waals surface area contributed by atoms with E-state index in [2.05, 4.69) is 62.5 Å². The average Bonchev–Trinajstić information content (AvgIpc) is 3.35. The average molecular weight is 994 g/mol. The van der Waals surface area contributed by atoms with Crippen LogP contribution in [0.4, 0.5) is 0 Å². The van der Waals surface area contributed by atoms with Crippen molar-refractivity contribution in [3.05, 3.63) is 113 Å². The first-order valence-corrected chi connectivity index (χ1v) is 26.2. The predicted molar refractivity (Wildman–Crippen MR) is 269 cm³/mol. The number of esters is 2. The molecule has 0 unspecified atom stereocenters. The van der Waals surface area contributed by atoms with E-state index in [0.717, 1.165) is 23.1 Å². The van der Waals surface area contributed by atoms with Crippen molar-refractivity contribution in [2.24, 2.45) is 58.7 Å². The summed E-state index contributed by atoms with van der Waals surface area (Å²) >= 11 is 0. The van der Waals surface area contributed by atoms with E-state index in [4.69, 9.17) is 18.9 Å². The van der Waals surface area contributed by atoms with Crippen LogP contribution in [0.15, 0.2) is 90.6 Å². The van der Waals surface area contributed by atoms with Gasteiger partial charge in [-0.3, -0.25) is 4.79 Å². The van der Waals surface area contributed by atoms with E-state index in [-0.39, 0.29) is 91.1 Å². The fourth-order valence-electron chi connectivity index (χ4n) is 13.9. The highest BCUT2D eigenvalue weighted by atomic mass is 16.7. The molecule has 8 N–H and O–H groups in total. The molecule has 2 heterocycles. The summed E-state index contributed by atoms with van der Waals surface area (Å²) in [7, 11) is 1.41. The van der Waals surface area contributed by atoms with Gasteiger partial charge in [0.25, 0.3) is 0 Å². The number of aromatic hydroxyl groups is 1. The number of ether oxygens (including phenoxy) is 4. The minimum absolute atomic E-state index is 0.0143. The minimum atomic E-state index is -2.38. The highest BCUT2D eigenvalue weighted by molar-refractivity contribution is 5.94. The number of nitrogens with one attached hydrogen (secondary N) is 1. The van der Waals surface area contributed by atoms with Crippen molar-refractivity contribution in [2.45, 2.75) is 127 Å². The van der Waals surface area contributed by atoms with Gasteiger partial charge < -0.3 is 60.0 Å². The van der Waals surface area contributed by atoms with Crippen molar-refractivity contribution in [1.29, 1.82) is 0 Å². The summed E-state index contributed by atoms with van der Waals surface area (Å²) in [6, 6.07) is 9.89. The summed E-state index contributed by atoms with van der Waals surface area (Å²) in [5.74, 6) is -3.38. The van der Waals surface area contributed by atoms with Crippen LogP contribution < -0.4 is 10.1 Å². The Morgan fingerprint density at radius 2 is 1.72 bits per heavy atom. The number of phenols is 1. The Morgan fingerprint density at radius 1 is 0.944 bits per heavy atom. The van der Waals surface area contributed by atoms with Crippen molar-refractivity contribution in [2.75, 3.05) is 26.9 Å². The first-order valence-electron chi connectivity index (χ1n) is 26.2.